The minimum absolute atomic E-state index is 0.570. The fourth-order valence-corrected chi connectivity index (χ4v) is 4.74. The Kier molecular flexibility index (Phi) is 4.50. The lowest BCUT2D eigenvalue weighted by molar-refractivity contribution is 0.283. The third kappa shape index (κ3) is 2.87. The largest absolute Gasteiger partial charge is 0.331 e. The van der Waals surface area contributed by atoms with Crippen molar-refractivity contribution in [2.45, 2.75) is 54.9 Å². The summed E-state index contributed by atoms with van der Waals surface area (Å²) in [6.45, 7) is 17.1. The van der Waals surface area contributed by atoms with E-state index in [0.717, 1.165) is 6.67 Å². The van der Waals surface area contributed by atoms with E-state index in [9.17, 15) is 0 Å². The third-order valence-corrected chi connectivity index (χ3v) is 6.06. The maximum Gasteiger partial charge on any atom is 0.0983 e. The summed E-state index contributed by atoms with van der Waals surface area (Å²) in [6.07, 6.45) is 10.4. The first-order valence-corrected chi connectivity index (χ1v) is 9.28. The second-order valence-electron chi connectivity index (χ2n) is 8.08. The molecule has 0 bridgehead atoms. The standard InChI is InChI=1S/C22H32N2/c1-14-10-16(3)21(17(4)11-14)23-8-9-24(13-23)22-18(5)12-15(2)19(6)20(22)7/h8-10,12,17,19-20H,11,13H2,1-7H3/t17-,19?,20?/m0/s1. The van der Waals surface area contributed by atoms with Gasteiger partial charge in [-0.15, -0.1) is 0 Å². The van der Waals surface area contributed by atoms with E-state index in [2.05, 4.69) is 82.8 Å². The topological polar surface area (TPSA) is 6.48 Å². The number of nitrogens with zero attached hydrogens (tertiary/aromatic N) is 2. The van der Waals surface area contributed by atoms with Gasteiger partial charge in [0.25, 0.3) is 0 Å². The van der Waals surface area contributed by atoms with Crippen molar-refractivity contribution in [2.24, 2.45) is 17.8 Å². The fourth-order valence-electron chi connectivity index (χ4n) is 4.74. The van der Waals surface area contributed by atoms with Crippen molar-refractivity contribution < 1.29 is 0 Å². The van der Waals surface area contributed by atoms with Gasteiger partial charge in [-0.3, -0.25) is 0 Å². The molecular weight excluding hydrogens is 292 g/mol. The van der Waals surface area contributed by atoms with E-state index in [1.54, 1.807) is 0 Å². The molecule has 1 heterocycles. The summed E-state index contributed by atoms with van der Waals surface area (Å²) in [5.74, 6) is 1.78. The molecule has 24 heavy (non-hydrogen) atoms. The molecule has 0 aromatic rings. The summed E-state index contributed by atoms with van der Waals surface area (Å²) < 4.78 is 0. The molecule has 0 amide bonds. The molecule has 0 spiro atoms. The number of hydrogen-bond donors (Lipinski definition) is 0. The number of allylic oxidation sites excluding steroid dienone is 8. The van der Waals surface area contributed by atoms with Crippen molar-refractivity contribution >= 4 is 0 Å². The van der Waals surface area contributed by atoms with E-state index < -0.39 is 0 Å². The fraction of sp³-hybridized carbons (Fsp3) is 0.545. The van der Waals surface area contributed by atoms with Crippen LogP contribution in [0.1, 0.15) is 54.9 Å². The lowest BCUT2D eigenvalue weighted by atomic mass is 9.80. The molecule has 3 aliphatic rings. The van der Waals surface area contributed by atoms with Gasteiger partial charge in [-0.05, 0) is 51.2 Å². The summed E-state index contributed by atoms with van der Waals surface area (Å²) in [7, 11) is 0. The molecule has 0 radical (unpaired) electrons. The van der Waals surface area contributed by atoms with Gasteiger partial charge in [-0.25, -0.2) is 0 Å². The van der Waals surface area contributed by atoms with Gasteiger partial charge in [0.2, 0.25) is 0 Å². The first kappa shape index (κ1) is 17.1. The van der Waals surface area contributed by atoms with Gasteiger partial charge in [0, 0.05) is 35.6 Å². The Labute approximate surface area is 147 Å². The Bertz CT molecular complexity index is 687. The summed E-state index contributed by atoms with van der Waals surface area (Å²) >= 11 is 0. The first-order valence-electron chi connectivity index (χ1n) is 9.28. The molecule has 0 N–H and O–H groups in total. The zero-order valence-electron chi connectivity index (χ0n) is 16.4. The third-order valence-electron chi connectivity index (χ3n) is 6.06. The zero-order chi connectivity index (χ0) is 17.6. The highest BCUT2D eigenvalue weighted by Crippen LogP contribution is 2.39. The van der Waals surface area contributed by atoms with E-state index in [-0.39, 0.29) is 0 Å². The van der Waals surface area contributed by atoms with Crippen LogP contribution in [0.3, 0.4) is 0 Å². The second kappa shape index (κ2) is 6.31. The molecule has 0 aromatic heterocycles. The van der Waals surface area contributed by atoms with Crippen LogP contribution in [0.15, 0.2) is 58.2 Å². The van der Waals surface area contributed by atoms with Gasteiger partial charge >= 0.3 is 0 Å². The molecule has 2 unspecified atom stereocenters. The normalized spacial score (nSPS) is 31.0. The van der Waals surface area contributed by atoms with Crippen molar-refractivity contribution in [2.75, 3.05) is 6.67 Å². The average molecular weight is 325 g/mol. The summed E-state index contributed by atoms with van der Waals surface area (Å²) in [5.41, 5.74) is 8.81. The van der Waals surface area contributed by atoms with E-state index in [4.69, 9.17) is 0 Å². The van der Waals surface area contributed by atoms with Crippen molar-refractivity contribution in [1.29, 1.82) is 0 Å². The van der Waals surface area contributed by atoms with Crippen LogP contribution in [0.2, 0.25) is 0 Å². The molecule has 1 aliphatic heterocycles. The Morgan fingerprint density at radius 1 is 0.792 bits per heavy atom. The molecule has 0 saturated carbocycles. The van der Waals surface area contributed by atoms with Crippen LogP contribution in [0.4, 0.5) is 0 Å². The second-order valence-corrected chi connectivity index (χ2v) is 8.08. The summed E-state index contributed by atoms with van der Waals surface area (Å²) in [6, 6.07) is 0. The van der Waals surface area contributed by atoms with Crippen LogP contribution in [0.5, 0.6) is 0 Å². The summed E-state index contributed by atoms with van der Waals surface area (Å²) in [5, 5.41) is 0. The quantitative estimate of drug-likeness (QED) is 0.633. The lowest BCUT2D eigenvalue weighted by Gasteiger charge is -2.37. The van der Waals surface area contributed by atoms with Crippen LogP contribution in [0, 0.1) is 17.8 Å². The minimum atomic E-state index is 0.570. The molecule has 0 aromatic carbocycles. The van der Waals surface area contributed by atoms with E-state index in [1.165, 1.54) is 40.1 Å². The molecule has 3 atom stereocenters. The molecule has 0 fully saturated rings. The predicted octanol–water partition coefficient (Wildman–Crippen LogP) is 5.80. The highest BCUT2D eigenvalue weighted by Gasteiger charge is 2.31. The maximum atomic E-state index is 2.46. The van der Waals surface area contributed by atoms with Crippen molar-refractivity contribution in [3.05, 3.63) is 58.2 Å². The molecule has 2 nitrogen and oxygen atoms in total. The van der Waals surface area contributed by atoms with E-state index in [1.807, 2.05) is 0 Å². The van der Waals surface area contributed by atoms with Gasteiger partial charge in [0.1, 0.15) is 0 Å². The average Bonchev–Trinajstić information content (AvgIpc) is 2.93. The van der Waals surface area contributed by atoms with Crippen LogP contribution < -0.4 is 0 Å². The molecule has 0 saturated heterocycles. The SMILES string of the molecule is CC1=CC(C)=C(N2C=CN(C3=C(C)C=C(C)C(C)C3C)C2)[C@@H](C)C1. The predicted molar refractivity (Wildman–Crippen MR) is 103 cm³/mol. The Morgan fingerprint density at radius 2 is 1.38 bits per heavy atom. The van der Waals surface area contributed by atoms with Crippen molar-refractivity contribution in [3.8, 4) is 0 Å². The van der Waals surface area contributed by atoms with E-state index >= 15 is 0 Å². The molecule has 130 valence electrons. The molecule has 3 rings (SSSR count). The van der Waals surface area contributed by atoms with Crippen LogP contribution in [-0.2, 0) is 0 Å². The van der Waals surface area contributed by atoms with Crippen LogP contribution in [0.25, 0.3) is 0 Å². The van der Waals surface area contributed by atoms with E-state index in [0.29, 0.717) is 17.8 Å². The van der Waals surface area contributed by atoms with Crippen LogP contribution >= 0.6 is 0 Å². The highest BCUT2D eigenvalue weighted by molar-refractivity contribution is 5.37. The van der Waals surface area contributed by atoms with Gasteiger partial charge in [0.15, 0.2) is 0 Å². The Hall–Kier alpha value is -1.70. The minimum Gasteiger partial charge on any atom is -0.331 e. The smallest absolute Gasteiger partial charge is 0.0983 e. The first-order chi connectivity index (χ1) is 11.3. The maximum absolute atomic E-state index is 2.46. The molecular formula is C22H32N2. The lowest BCUT2D eigenvalue weighted by Crippen LogP contribution is -2.33. The summed E-state index contributed by atoms with van der Waals surface area (Å²) in [4.78, 5) is 4.91. The number of hydrogen-bond acceptors (Lipinski definition) is 2. The van der Waals surface area contributed by atoms with Crippen LogP contribution in [-0.4, -0.2) is 16.5 Å². The van der Waals surface area contributed by atoms with Gasteiger partial charge in [0.05, 0.1) is 6.67 Å². The highest BCUT2D eigenvalue weighted by atomic mass is 15.4. The van der Waals surface area contributed by atoms with Gasteiger partial charge in [-0.1, -0.05) is 44.1 Å². The number of rotatable bonds is 2. The Morgan fingerprint density at radius 3 is 2.00 bits per heavy atom. The van der Waals surface area contributed by atoms with Crippen molar-refractivity contribution in [3.63, 3.8) is 0 Å². The Balaban J connectivity index is 1.86. The van der Waals surface area contributed by atoms with Gasteiger partial charge < -0.3 is 9.80 Å². The molecule has 2 heteroatoms. The monoisotopic (exact) mass is 324 g/mol. The van der Waals surface area contributed by atoms with Gasteiger partial charge in [-0.2, -0.15) is 0 Å². The molecule has 2 aliphatic carbocycles. The van der Waals surface area contributed by atoms with Crippen molar-refractivity contribution in [1.82, 2.24) is 9.80 Å². The zero-order valence-corrected chi connectivity index (χ0v) is 16.4.